The third-order valence-corrected chi connectivity index (χ3v) is 6.42. The second-order valence-electron chi connectivity index (χ2n) is 7.94. The van der Waals surface area contributed by atoms with Crippen LogP contribution in [-0.4, -0.2) is 17.4 Å². The first-order valence-corrected chi connectivity index (χ1v) is 10.4. The van der Waals surface area contributed by atoms with E-state index in [0.717, 1.165) is 31.2 Å². The minimum atomic E-state index is -0.373. The molecule has 1 saturated carbocycles. The molecule has 1 amide bonds. The molecule has 2 aromatic rings. The van der Waals surface area contributed by atoms with Crippen LogP contribution < -0.4 is 10.9 Å². The van der Waals surface area contributed by atoms with Crippen molar-refractivity contribution < 1.29 is 4.79 Å². The zero-order valence-corrected chi connectivity index (χ0v) is 17.7. The monoisotopic (exact) mass is 411 g/mol. The Morgan fingerprint density at radius 2 is 1.90 bits per heavy atom. The van der Waals surface area contributed by atoms with E-state index in [4.69, 9.17) is 11.6 Å². The standard InChI is InChI=1S/C23H26ClN3O2/c1-15-19(16(2)27-22(29)20(15)13-25)9-10-21(28)26-14-23(11-3-4-12-23)17-5-7-18(24)8-6-17/h5-8H,3-4,9-12,14H2,1-2H3,(H,26,28)(H,27,29). The summed E-state index contributed by atoms with van der Waals surface area (Å²) in [5, 5.41) is 13.0. The number of amides is 1. The Morgan fingerprint density at radius 1 is 1.24 bits per heavy atom. The van der Waals surface area contributed by atoms with Crippen LogP contribution >= 0.6 is 11.6 Å². The first kappa shape index (κ1) is 21.1. The van der Waals surface area contributed by atoms with Crippen LogP contribution in [0, 0.1) is 25.2 Å². The maximum absolute atomic E-state index is 12.6. The molecule has 6 heteroatoms. The summed E-state index contributed by atoms with van der Waals surface area (Å²) >= 11 is 6.04. The molecule has 1 aliphatic rings. The average Bonchev–Trinajstić information content (AvgIpc) is 3.17. The molecule has 1 heterocycles. The highest BCUT2D eigenvalue weighted by molar-refractivity contribution is 6.30. The van der Waals surface area contributed by atoms with Crippen molar-refractivity contribution in [2.24, 2.45) is 0 Å². The van der Waals surface area contributed by atoms with E-state index in [-0.39, 0.29) is 22.4 Å². The number of aryl methyl sites for hydroxylation is 1. The number of hydrogen-bond acceptors (Lipinski definition) is 3. The number of aromatic amines is 1. The highest BCUT2D eigenvalue weighted by atomic mass is 35.5. The van der Waals surface area contributed by atoms with Gasteiger partial charge in [0.05, 0.1) is 0 Å². The second kappa shape index (κ2) is 8.84. The lowest BCUT2D eigenvalue weighted by atomic mass is 9.79. The molecule has 5 nitrogen and oxygen atoms in total. The number of carbonyl (C=O) groups is 1. The van der Waals surface area contributed by atoms with E-state index in [2.05, 4.69) is 22.4 Å². The first-order valence-electron chi connectivity index (χ1n) is 10.0. The van der Waals surface area contributed by atoms with Gasteiger partial charge < -0.3 is 10.3 Å². The van der Waals surface area contributed by atoms with Crippen LogP contribution in [-0.2, 0) is 16.6 Å². The molecule has 29 heavy (non-hydrogen) atoms. The van der Waals surface area contributed by atoms with Crippen LogP contribution in [0.1, 0.15) is 60.1 Å². The van der Waals surface area contributed by atoms with Gasteiger partial charge in [-0.3, -0.25) is 9.59 Å². The smallest absolute Gasteiger partial charge is 0.266 e. The van der Waals surface area contributed by atoms with E-state index in [9.17, 15) is 14.9 Å². The molecule has 1 fully saturated rings. The van der Waals surface area contributed by atoms with Crippen molar-refractivity contribution in [3.8, 4) is 6.07 Å². The fourth-order valence-corrected chi connectivity index (χ4v) is 4.56. The molecule has 1 aromatic carbocycles. The van der Waals surface area contributed by atoms with Crippen LogP contribution in [0.15, 0.2) is 29.1 Å². The van der Waals surface area contributed by atoms with Gasteiger partial charge >= 0.3 is 0 Å². The largest absolute Gasteiger partial charge is 0.355 e. The van der Waals surface area contributed by atoms with Gasteiger partial charge in [-0.15, -0.1) is 0 Å². The number of nitrogens with one attached hydrogen (secondary N) is 2. The molecule has 0 radical (unpaired) electrons. The molecule has 0 atom stereocenters. The maximum Gasteiger partial charge on any atom is 0.266 e. The fraction of sp³-hybridized carbons (Fsp3) is 0.435. The van der Waals surface area contributed by atoms with Crippen LogP contribution in [0.2, 0.25) is 5.02 Å². The van der Waals surface area contributed by atoms with Crippen molar-refractivity contribution in [3.05, 3.63) is 67.6 Å². The lowest BCUT2D eigenvalue weighted by Crippen LogP contribution is -2.39. The number of aromatic nitrogens is 1. The Balaban J connectivity index is 1.66. The summed E-state index contributed by atoms with van der Waals surface area (Å²) in [6, 6.07) is 9.91. The number of pyridine rings is 1. The van der Waals surface area contributed by atoms with Crippen molar-refractivity contribution in [2.45, 2.75) is 57.8 Å². The Morgan fingerprint density at radius 3 is 2.52 bits per heavy atom. The van der Waals surface area contributed by atoms with Crippen molar-refractivity contribution in [1.82, 2.24) is 10.3 Å². The topological polar surface area (TPSA) is 85.8 Å². The van der Waals surface area contributed by atoms with Crippen LogP contribution in [0.3, 0.4) is 0 Å². The zero-order chi connectivity index (χ0) is 21.0. The summed E-state index contributed by atoms with van der Waals surface area (Å²) in [6.45, 7) is 4.18. The maximum atomic E-state index is 12.6. The highest BCUT2D eigenvalue weighted by Crippen LogP contribution is 2.41. The van der Waals surface area contributed by atoms with E-state index in [1.54, 1.807) is 13.8 Å². The third-order valence-electron chi connectivity index (χ3n) is 6.16. The van der Waals surface area contributed by atoms with E-state index < -0.39 is 0 Å². The molecule has 0 unspecified atom stereocenters. The van der Waals surface area contributed by atoms with Crippen LogP contribution in [0.25, 0.3) is 0 Å². The van der Waals surface area contributed by atoms with Gasteiger partial charge in [0.2, 0.25) is 5.91 Å². The van der Waals surface area contributed by atoms with E-state index in [1.807, 2.05) is 18.2 Å². The molecule has 0 spiro atoms. The zero-order valence-electron chi connectivity index (χ0n) is 16.9. The lowest BCUT2D eigenvalue weighted by molar-refractivity contribution is -0.121. The highest BCUT2D eigenvalue weighted by Gasteiger charge is 2.35. The first-order chi connectivity index (χ1) is 13.9. The van der Waals surface area contributed by atoms with Crippen molar-refractivity contribution in [2.75, 3.05) is 6.54 Å². The summed E-state index contributed by atoms with van der Waals surface area (Å²) < 4.78 is 0. The molecule has 152 valence electrons. The van der Waals surface area contributed by atoms with Gasteiger partial charge in [-0.05, 0) is 61.9 Å². The van der Waals surface area contributed by atoms with E-state index in [0.29, 0.717) is 35.7 Å². The van der Waals surface area contributed by atoms with Crippen LogP contribution in [0.4, 0.5) is 0 Å². The predicted molar refractivity (Wildman–Crippen MR) is 114 cm³/mol. The summed E-state index contributed by atoms with van der Waals surface area (Å²) in [5.74, 6) is -0.0197. The fourth-order valence-electron chi connectivity index (χ4n) is 4.44. The minimum absolute atomic E-state index is 0.0197. The molecule has 1 aliphatic carbocycles. The van der Waals surface area contributed by atoms with Gasteiger partial charge in [-0.1, -0.05) is 36.6 Å². The summed E-state index contributed by atoms with van der Waals surface area (Å²) in [4.78, 5) is 27.1. The number of hydrogen-bond donors (Lipinski definition) is 2. The molecule has 1 aromatic heterocycles. The predicted octanol–water partition coefficient (Wildman–Crippen LogP) is 4.08. The molecule has 0 bridgehead atoms. The summed E-state index contributed by atoms with van der Waals surface area (Å²) in [5.41, 5.74) is 3.19. The molecular formula is C23H26ClN3O2. The van der Waals surface area contributed by atoms with Crippen molar-refractivity contribution in [3.63, 3.8) is 0 Å². The SMILES string of the molecule is Cc1[nH]c(=O)c(C#N)c(C)c1CCC(=O)NCC1(c2ccc(Cl)cc2)CCCC1. The number of halogens is 1. The molecule has 3 rings (SSSR count). The molecule has 0 saturated heterocycles. The number of nitriles is 1. The normalized spacial score (nSPS) is 15.1. The second-order valence-corrected chi connectivity index (χ2v) is 8.38. The van der Waals surface area contributed by atoms with Gasteiger partial charge in [0.25, 0.3) is 5.56 Å². The molecule has 0 aliphatic heterocycles. The third kappa shape index (κ3) is 4.54. The Hall–Kier alpha value is -2.58. The lowest BCUT2D eigenvalue weighted by Gasteiger charge is -2.30. The van der Waals surface area contributed by atoms with E-state index in [1.165, 1.54) is 5.56 Å². The van der Waals surface area contributed by atoms with Gasteiger partial charge in [0.1, 0.15) is 11.6 Å². The summed E-state index contributed by atoms with van der Waals surface area (Å²) in [7, 11) is 0. The van der Waals surface area contributed by atoms with Crippen LogP contribution in [0.5, 0.6) is 0 Å². The average molecular weight is 412 g/mol. The molecular weight excluding hydrogens is 386 g/mol. The number of rotatable bonds is 6. The van der Waals surface area contributed by atoms with Gasteiger partial charge in [-0.25, -0.2) is 0 Å². The Bertz CT molecular complexity index is 997. The van der Waals surface area contributed by atoms with E-state index >= 15 is 0 Å². The summed E-state index contributed by atoms with van der Waals surface area (Å²) in [6.07, 6.45) is 5.23. The quantitative estimate of drug-likeness (QED) is 0.750. The van der Waals surface area contributed by atoms with Gasteiger partial charge in [0, 0.05) is 29.1 Å². The number of nitrogens with zero attached hydrogens (tertiary/aromatic N) is 1. The van der Waals surface area contributed by atoms with Crippen molar-refractivity contribution >= 4 is 17.5 Å². The van der Waals surface area contributed by atoms with Crippen molar-refractivity contribution in [1.29, 1.82) is 5.26 Å². The Kier molecular flexibility index (Phi) is 6.44. The minimum Gasteiger partial charge on any atom is -0.355 e. The number of H-pyrrole nitrogens is 1. The number of benzene rings is 1. The molecule has 2 N–H and O–H groups in total. The Labute approximate surface area is 176 Å². The number of carbonyl (C=O) groups excluding carboxylic acids is 1. The van der Waals surface area contributed by atoms with Gasteiger partial charge in [-0.2, -0.15) is 5.26 Å². The van der Waals surface area contributed by atoms with Gasteiger partial charge in [0.15, 0.2) is 0 Å².